The van der Waals surface area contributed by atoms with Gasteiger partial charge in [0.15, 0.2) is 0 Å². The highest BCUT2D eigenvalue weighted by Crippen LogP contribution is 2.42. The lowest BCUT2D eigenvalue weighted by Gasteiger charge is -2.19. The maximum absolute atomic E-state index is 13.9. The summed E-state index contributed by atoms with van der Waals surface area (Å²) >= 11 is 12.1. The van der Waals surface area contributed by atoms with Crippen LogP contribution in [-0.2, 0) is 0 Å². The summed E-state index contributed by atoms with van der Waals surface area (Å²) in [6.45, 7) is 0. The molecular formula is C15H13Cl2FO3. The largest absolute Gasteiger partial charge is 0.495 e. The third-order valence-corrected chi connectivity index (χ3v) is 3.77. The molecule has 0 aliphatic carbocycles. The van der Waals surface area contributed by atoms with Crippen LogP contribution >= 0.6 is 23.2 Å². The van der Waals surface area contributed by atoms with Crippen molar-refractivity contribution in [3.05, 3.63) is 57.3 Å². The number of aliphatic hydroxyl groups is 1. The number of hydrogen-bond donors (Lipinski definition) is 1. The predicted molar refractivity (Wildman–Crippen MR) is 80.0 cm³/mol. The molecule has 1 unspecified atom stereocenters. The third-order valence-electron chi connectivity index (χ3n) is 3.08. The summed E-state index contributed by atoms with van der Waals surface area (Å²) in [7, 11) is 2.87. The number of ether oxygens (including phenoxy) is 2. The molecule has 6 heteroatoms. The Labute approximate surface area is 131 Å². The van der Waals surface area contributed by atoms with Gasteiger partial charge in [0, 0.05) is 16.1 Å². The molecule has 0 saturated heterocycles. The molecule has 0 aliphatic heterocycles. The van der Waals surface area contributed by atoms with Gasteiger partial charge in [-0.05, 0) is 24.3 Å². The van der Waals surface area contributed by atoms with Gasteiger partial charge in [0.25, 0.3) is 0 Å². The first-order chi connectivity index (χ1) is 10.0. The van der Waals surface area contributed by atoms with Crippen LogP contribution in [0.5, 0.6) is 11.5 Å². The van der Waals surface area contributed by atoms with Gasteiger partial charge in [0.2, 0.25) is 0 Å². The molecule has 2 aromatic carbocycles. The Balaban J connectivity index is 2.59. The standard InChI is InChI=1S/C15H13Cl2FO3/c1-20-11-7-6-8(15(21-2)13(11)17)14(19)12-9(16)4-3-5-10(12)18/h3-7,14,19H,1-2H3. The second-order valence-electron chi connectivity index (χ2n) is 4.24. The third kappa shape index (κ3) is 2.93. The number of benzene rings is 2. The average molecular weight is 331 g/mol. The Bertz CT molecular complexity index is 641. The first-order valence-electron chi connectivity index (χ1n) is 6.03. The second-order valence-corrected chi connectivity index (χ2v) is 5.03. The van der Waals surface area contributed by atoms with Crippen molar-refractivity contribution in [1.29, 1.82) is 0 Å². The summed E-state index contributed by atoms with van der Waals surface area (Å²) < 4.78 is 24.2. The highest BCUT2D eigenvalue weighted by molar-refractivity contribution is 6.33. The molecule has 0 spiro atoms. The Morgan fingerprint density at radius 3 is 2.38 bits per heavy atom. The van der Waals surface area contributed by atoms with Crippen molar-refractivity contribution >= 4 is 23.2 Å². The van der Waals surface area contributed by atoms with Gasteiger partial charge in [-0.15, -0.1) is 0 Å². The molecule has 21 heavy (non-hydrogen) atoms. The van der Waals surface area contributed by atoms with E-state index in [4.69, 9.17) is 32.7 Å². The van der Waals surface area contributed by atoms with Crippen LogP contribution in [0.2, 0.25) is 10.0 Å². The van der Waals surface area contributed by atoms with Crippen LogP contribution in [0.15, 0.2) is 30.3 Å². The van der Waals surface area contributed by atoms with Crippen LogP contribution < -0.4 is 9.47 Å². The molecule has 2 rings (SSSR count). The summed E-state index contributed by atoms with van der Waals surface area (Å²) in [5.74, 6) is -0.00377. The van der Waals surface area contributed by atoms with E-state index in [0.29, 0.717) is 11.3 Å². The molecule has 1 atom stereocenters. The normalized spacial score (nSPS) is 12.1. The van der Waals surface area contributed by atoms with Gasteiger partial charge in [0.05, 0.1) is 14.2 Å². The molecule has 0 amide bonds. The molecule has 0 saturated carbocycles. The lowest BCUT2D eigenvalue weighted by molar-refractivity contribution is 0.209. The van der Waals surface area contributed by atoms with Crippen molar-refractivity contribution < 1.29 is 19.0 Å². The van der Waals surface area contributed by atoms with Gasteiger partial charge in [-0.1, -0.05) is 29.3 Å². The highest BCUT2D eigenvalue weighted by Gasteiger charge is 2.24. The van der Waals surface area contributed by atoms with Crippen LogP contribution in [0.1, 0.15) is 17.2 Å². The Kier molecular flexibility index (Phi) is 4.93. The van der Waals surface area contributed by atoms with Gasteiger partial charge in [-0.3, -0.25) is 0 Å². The van der Waals surface area contributed by atoms with Gasteiger partial charge in [-0.25, -0.2) is 4.39 Å². The van der Waals surface area contributed by atoms with Crippen molar-refractivity contribution in [2.45, 2.75) is 6.10 Å². The molecule has 0 aliphatic rings. The molecule has 0 aromatic heterocycles. The van der Waals surface area contributed by atoms with Crippen LogP contribution in [-0.4, -0.2) is 19.3 Å². The van der Waals surface area contributed by atoms with E-state index in [0.717, 1.165) is 0 Å². The molecule has 0 bridgehead atoms. The van der Waals surface area contributed by atoms with Gasteiger partial charge in [0.1, 0.15) is 28.4 Å². The lowest BCUT2D eigenvalue weighted by Crippen LogP contribution is -2.06. The van der Waals surface area contributed by atoms with Gasteiger partial charge >= 0.3 is 0 Å². The Hall–Kier alpha value is -1.49. The molecule has 1 N–H and O–H groups in total. The van der Waals surface area contributed by atoms with E-state index >= 15 is 0 Å². The van der Waals surface area contributed by atoms with Crippen molar-refractivity contribution in [3.63, 3.8) is 0 Å². The fraction of sp³-hybridized carbons (Fsp3) is 0.200. The van der Waals surface area contributed by atoms with Crippen LogP contribution in [0, 0.1) is 5.82 Å². The summed E-state index contributed by atoms with van der Waals surface area (Å²) in [5, 5.41) is 10.8. The molecule has 0 heterocycles. The topological polar surface area (TPSA) is 38.7 Å². The van der Waals surface area contributed by atoms with Crippen molar-refractivity contribution in [2.24, 2.45) is 0 Å². The van der Waals surface area contributed by atoms with E-state index in [1.54, 1.807) is 12.1 Å². The second kappa shape index (κ2) is 6.52. The minimum atomic E-state index is -1.31. The molecule has 3 nitrogen and oxygen atoms in total. The predicted octanol–water partition coefficient (Wildman–Crippen LogP) is 4.23. The number of methoxy groups -OCH3 is 2. The zero-order valence-corrected chi connectivity index (χ0v) is 12.9. The summed E-state index contributed by atoms with van der Waals surface area (Å²) in [6.07, 6.45) is -1.31. The fourth-order valence-electron chi connectivity index (χ4n) is 2.06. The Morgan fingerprint density at radius 1 is 1.10 bits per heavy atom. The molecular weight excluding hydrogens is 318 g/mol. The first kappa shape index (κ1) is 15.9. The summed E-state index contributed by atoms with van der Waals surface area (Å²) in [5.41, 5.74) is 0.272. The Morgan fingerprint density at radius 2 is 1.81 bits per heavy atom. The minimum absolute atomic E-state index is 0.0290. The SMILES string of the molecule is COc1ccc(C(O)c2c(F)cccc2Cl)c(OC)c1Cl. The zero-order chi connectivity index (χ0) is 15.6. The lowest BCUT2D eigenvalue weighted by atomic mass is 9.99. The quantitative estimate of drug-likeness (QED) is 0.911. The number of hydrogen-bond acceptors (Lipinski definition) is 3. The van der Waals surface area contributed by atoms with E-state index in [2.05, 4.69) is 0 Å². The van der Waals surface area contributed by atoms with E-state index in [1.807, 2.05) is 0 Å². The van der Waals surface area contributed by atoms with E-state index < -0.39 is 11.9 Å². The summed E-state index contributed by atoms with van der Waals surface area (Å²) in [6, 6.07) is 7.31. The van der Waals surface area contributed by atoms with E-state index in [-0.39, 0.29) is 21.4 Å². The van der Waals surface area contributed by atoms with Crippen LogP contribution in [0.3, 0.4) is 0 Å². The molecule has 0 radical (unpaired) electrons. The maximum atomic E-state index is 13.9. The van der Waals surface area contributed by atoms with Crippen molar-refractivity contribution in [3.8, 4) is 11.5 Å². The van der Waals surface area contributed by atoms with Crippen LogP contribution in [0.25, 0.3) is 0 Å². The van der Waals surface area contributed by atoms with Gasteiger partial charge < -0.3 is 14.6 Å². The van der Waals surface area contributed by atoms with Gasteiger partial charge in [-0.2, -0.15) is 0 Å². The maximum Gasteiger partial charge on any atom is 0.147 e. The monoisotopic (exact) mass is 330 g/mol. The summed E-state index contributed by atoms with van der Waals surface area (Å²) in [4.78, 5) is 0. The molecule has 0 fully saturated rings. The molecule has 112 valence electrons. The van der Waals surface area contributed by atoms with Crippen LogP contribution in [0.4, 0.5) is 4.39 Å². The van der Waals surface area contributed by atoms with Crippen molar-refractivity contribution in [1.82, 2.24) is 0 Å². The van der Waals surface area contributed by atoms with Crippen molar-refractivity contribution in [2.75, 3.05) is 14.2 Å². The zero-order valence-electron chi connectivity index (χ0n) is 11.4. The van der Waals surface area contributed by atoms with E-state index in [9.17, 15) is 9.50 Å². The highest BCUT2D eigenvalue weighted by atomic mass is 35.5. The molecule has 2 aromatic rings. The number of halogens is 3. The number of rotatable bonds is 4. The first-order valence-corrected chi connectivity index (χ1v) is 6.79. The van der Waals surface area contributed by atoms with E-state index in [1.165, 1.54) is 32.4 Å². The minimum Gasteiger partial charge on any atom is -0.495 e. The fourth-order valence-corrected chi connectivity index (χ4v) is 2.65. The number of aliphatic hydroxyl groups excluding tert-OH is 1. The average Bonchev–Trinajstić information content (AvgIpc) is 2.46. The smallest absolute Gasteiger partial charge is 0.147 e.